The predicted octanol–water partition coefficient (Wildman–Crippen LogP) is 2.03. The standard InChI is InChI=1S/C18H21N5O2/c1-2-22(9-3-4-10-24)17(25)15-7-5-14(6-8-15)16-11-19-18-20-13-21-23(18)12-16/h5-8,11-13,24H,2-4,9-10H2,1H3. The first-order valence-corrected chi connectivity index (χ1v) is 8.39. The van der Waals surface area contributed by atoms with Crippen LogP contribution in [0.4, 0.5) is 0 Å². The van der Waals surface area contributed by atoms with Crippen molar-refractivity contribution in [2.75, 3.05) is 19.7 Å². The van der Waals surface area contributed by atoms with Crippen molar-refractivity contribution in [2.24, 2.45) is 0 Å². The van der Waals surface area contributed by atoms with Crippen LogP contribution in [-0.2, 0) is 0 Å². The Labute approximate surface area is 146 Å². The molecule has 3 aromatic rings. The molecule has 0 atom stereocenters. The first-order valence-electron chi connectivity index (χ1n) is 8.39. The molecule has 0 radical (unpaired) electrons. The van der Waals surface area contributed by atoms with Gasteiger partial charge < -0.3 is 10.0 Å². The molecule has 0 fully saturated rings. The molecule has 130 valence electrons. The monoisotopic (exact) mass is 339 g/mol. The zero-order valence-electron chi connectivity index (χ0n) is 14.2. The van der Waals surface area contributed by atoms with Gasteiger partial charge in [-0.25, -0.2) is 9.50 Å². The van der Waals surface area contributed by atoms with Crippen molar-refractivity contribution in [1.29, 1.82) is 0 Å². The van der Waals surface area contributed by atoms with Gasteiger partial charge in [0, 0.05) is 43.2 Å². The zero-order chi connectivity index (χ0) is 17.6. The molecular formula is C18H21N5O2. The molecule has 0 unspecified atom stereocenters. The lowest BCUT2D eigenvalue weighted by Gasteiger charge is -2.21. The maximum Gasteiger partial charge on any atom is 0.253 e. The molecule has 1 N–H and O–H groups in total. The number of aliphatic hydroxyl groups excluding tert-OH is 1. The lowest BCUT2D eigenvalue weighted by atomic mass is 10.1. The fraction of sp³-hybridized carbons (Fsp3) is 0.333. The van der Waals surface area contributed by atoms with Crippen molar-refractivity contribution in [3.05, 3.63) is 48.5 Å². The Kier molecular flexibility index (Phi) is 5.35. The minimum Gasteiger partial charge on any atom is -0.396 e. The van der Waals surface area contributed by atoms with Gasteiger partial charge in [-0.05, 0) is 37.5 Å². The van der Waals surface area contributed by atoms with Crippen LogP contribution in [0.25, 0.3) is 16.9 Å². The molecule has 0 spiro atoms. The van der Waals surface area contributed by atoms with Crippen LogP contribution in [0.15, 0.2) is 43.0 Å². The molecule has 25 heavy (non-hydrogen) atoms. The van der Waals surface area contributed by atoms with Crippen LogP contribution in [0.3, 0.4) is 0 Å². The smallest absolute Gasteiger partial charge is 0.253 e. The third-order valence-corrected chi connectivity index (χ3v) is 4.10. The van der Waals surface area contributed by atoms with E-state index in [4.69, 9.17) is 5.11 Å². The van der Waals surface area contributed by atoms with Crippen LogP contribution in [-0.4, -0.2) is 55.2 Å². The summed E-state index contributed by atoms with van der Waals surface area (Å²) in [5.41, 5.74) is 2.53. The molecule has 0 aliphatic carbocycles. The highest BCUT2D eigenvalue weighted by atomic mass is 16.3. The lowest BCUT2D eigenvalue weighted by Crippen LogP contribution is -2.31. The number of aromatic nitrogens is 4. The van der Waals surface area contributed by atoms with Crippen LogP contribution in [0.1, 0.15) is 30.1 Å². The predicted molar refractivity (Wildman–Crippen MR) is 94.1 cm³/mol. The Morgan fingerprint density at radius 3 is 2.68 bits per heavy atom. The largest absolute Gasteiger partial charge is 0.396 e. The highest BCUT2D eigenvalue weighted by Gasteiger charge is 2.14. The van der Waals surface area contributed by atoms with E-state index in [1.807, 2.05) is 37.4 Å². The fourth-order valence-electron chi connectivity index (χ4n) is 2.67. The topological polar surface area (TPSA) is 83.6 Å². The van der Waals surface area contributed by atoms with E-state index in [2.05, 4.69) is 15.1 Å². The Morgan fingerprint density at radius 1 is 1.16 bits per heavy atom. The first-order chi connectivity index (χ1) is 12.2. The van der Waals surface area contributed by atoms with Gasteiger partial charge in [0.05, 0.1) is 0 Å². The zero-order valence-corrected chi connectivity index (χ0v) is 14.2. The maximum atomic E-state index is 12.6. The number of fused-ring (bicyclic) bond motifs is 1. The van der Waals surface area contributed by atoms with E-state index in [0.717, 1.165) is 17.5 Å². The molecule has 7 heteroatoms. The average molecular weight is 339 g/mol. The van der Waals surface area contributed by atoms with E-state index in [1.54, 1.807) is 15.6 Å². The van der Waals surface area contributed by atoms with Gasteiger partial charge in [0.1, 0.15) is 6.33 Å². The SMILES string of the molecule is CCN(CCCCO)C(=O)c1ccc(-c2cnc3ncnn3c2)cc1. The number of hydrogen-bond donors (Lipinski definition) is 1. The van der Waals surface area contributed by atoms with Gasteiger partial charge in [-0.3, -0.25) is 4.79 Å². The highest BCUT2D eigenvalue weighted by molar-refractivity contribution is 5.94. The Morgan fingerprint density at radius 2 is 1.96 bits per heavy atom. The first kappa shape index (κ1) is 17.0. The van der Waals surface area contributed by atoms with Gasteiger partial charge in [0.2, 0.25) is 0 Å². The molecule has 0 aliphatic rings. The molecule has 0 saturated carbocycles. The number of aliphatic hydroxyl groups is 1. The molecule has 7 nitrogen and oxygen atoms in total. The van der Waals surface area contributed by atoms with Gasteiger partial charge in [0.15, 0.2) is 0 Å². The second-order valence-corrected chi connectivity index (χ2v) is 5.74. The van der Waals surface area contributed by atoms with Gasteiger partial charge in [-0.1, -0.05) is 12.1 Å². The molecule has 2 heterocycles. The summed E-state index contributed by atoms with van der Waals surface area (Å²) in [5.74, 6) is 0.564. The quantitative estimate of drug-likeness (QED) is 0.666. The van der Waals surface area contributed by atoms with Crippen LogP contribution in [0, 0.1) is 0 Å². The summed E-state index contributed by atoms with van der Waals surface area (Å²) in [6.07, 6.45) is 6.58. The van der Waals surface area contributed by atoms with Crippen LogP contribution in [0.2, 0.25) is 0 Å². The van der Waals surface area contributed by atoms with Crippen molar-refractivity contribution in [3.63, 3.8) is 0 Å². The summed E-state index contributed by atoms with van der Waals surface area (Å²) in [5, 5.41) is 13.0. The van der Waals surface area contributed by atoms with Gasteiger partial charge in [-0.2, -0.15) is 10.1 Å². The van der Waals surface area contributed by atoms with E-state index in [1.165, 1.54) is 6.33 Å². The van der Waals surface area contributed by atoms with E-state index >= 15 is 0 Å². The van der Waals surface area contributed by atoms with Crippen LogP contribution >= 0.6 is 0 Å². The Balaban J connectivity index is 1.75. The second-order valence-electron chi connectivity index (χ2n) is 5.74. The number of benzene rings is 1. The third kappa shape index (κ3) is 3.83. The summed E-state index contributed by atoms with van der Waals surface area (Å²) in [7, 11) is 0. The van der Waals surface area contributed by atoms with Crippen molar-refractivity contribution >= 4 is 11.7 Å². The van der Waals surface area contributed by atoms with E-state index < -0.39 is 0 Å². The number of amides is 1. The minimum atomic E-state index is 0.0110. The lowest BCUT2D eigenvalue weighted by molar-refractivity contribution is 0.0759. The van der Waals surface area contributed by atoms with Crippen LogP contribution in [0.5, 0.6) is 0 Å². The van der Waals surface area contributed by atoms with Crippen molar-refractivity contribution in [1.82, 2.24) is 24.5 Å². The van der Waals surface area contributed by atoms with Gasteiger partial charge >= 0.3 is 0 Å². The Hall–Kier alpha value is -2.80. The molecule has 0 aliphatic heterocycles. The number of carbonyl (C=O) groups excluding carboxylic acids is 1. The molecule has 0 saturated heterocycles. The third-order valence-electron chi connectivity index (χ3n) is 4.10. The number of rotatable bonds is 7. The van der Waals surface area contributed by atoms with E-state index in [0.29, 0.717) is 30.9 Å². The molecule has 2 aromatic heterocycles. The van der Waals surface area contributed by atoms with Crippen LogP contribution < -0.4 is 0 Å². The molecule has 3 rings (SSSR count). The molecule has 0 bridgehead atoms. The van der Waals surface area contributed by atoms with E-state index in [-0.39, 0.29) is 12.5 Å². The Bertz CT molecular complexity index is 844. The molecular weight excluding hydrogens is 318 g/mol. The van der Waals surface area contributed by atoms with Crippen molar-refractivity contribution in [2.45, 2.75) is 19.8 Å². The maximum absolute atomic E-state index is 12.6. The average Bonchev–Trinajstić information content (AvgIpc) is 3.13. The fourth-order valence-corrected chi connectivity index (χ4v) is 2.67. The minimum absolute atomic E-state index is 0.0110. The summed E-state index contributed by atoms with van der Waals surface area (Å²) in [6, 6.07) is 7.49. The number of nitrogens with zero attached hydrogens (tertiary/aromatic N) is 5. The van der Waals surface area contributed by atoms with E-state index in [9.17, 15) is 4.79 Å². The highest BCUT2D eigenvalue weighted by Crippen LogP contribution is 2.19. The van der Waals surface area contributed by atoms with Gasteiger partial charge in [-0.15, -0.1) is 0 Å². The summed E-state index contributed by atoms with van der Waals surface area (Å²) in [4.78, 5) is 22.7. The van der Waals surface area contributed by atoms with Crippen molar-refractivity contribution in [3.8, 4) is 11.1 Å². The summed E-state index contributed by atoms with van der Waals surface area (Å²) in [6.45, 7) is 3.43. The number of carbonyl (C=O) groups is 1. The number of unbranched alkanes of at least 4 members (excludes halogenated alkanes) is 1. The second kappa shape index (κ2) is 7.85. The van der Waals surface area contributed by atoms with Gasteiger partial charge in [0.25, 0.3) is 11.7 Å². The molecule has 1 aromatic carbocycles. The normalized spacial score (nSPS) is 11.0. The molecule has 1 amide bonds. The summed E-state index contributed by atoms with van der Waals surface area (Å²) >= 11 is 0. The number of hydrogen-bond acceptors (Lipinski definition) is 5. The van der Waals surface area contributed by atoms with Crippen molar-refractivity contribution < 1.29 is 9.90 Å². The summed E-state index contributed by atoms with van der Waals surface area (Å²) < 4.78 is 1.62.